The van der Waals surface area contributed by atoms with Crippen molar-refractivity contribution >= 4 is 53.5 Å². The summed E-state index contributed by atoms with van der Waals surface area (Å²) >= 11 is 10.7. The summed E-state index contributed by atoms with van der Waals surface area (Å²) in [7, 11) is 0. The van der Waals surface area contributed by atoms with Crippen molar-refractivity contribution in [2.45, 2.75) is 26.8 Å². The first-order valence-electron chi connectivity index (χ1n) is 6.36. The summed E-state index contributed by atoms with van der Waals surface area (Å²) in [4.78, 5) is 0. The van der Waals surface area contributed by atoms with Crippen molar-refractivity contribution in [2.75, 3.05) is 5.32 Å². The highest BCUT2D eigenvalue weighted by Gasteiger charge is 2.13. The summed E-state index contributed by atoms with van der Waals surface area (Å²) in [5.41, 5.74) is 4.99. The molecule has 4 heteroatoms. The van der Waals surface area contributed by atoms with Crippen LogP contribution in [0.2, 0.25) is 0 Å². The van der Waals surface area contributed by atoms with Crippen molar-refractivity contribution < 1.29 is 0 Å². The third kappa shape index (κ3) is 3.66. The molecule has 2 aromatic carbocycles. The van der Waals surface area contributed by atoms with Gasteiger partial charge in [-0.3, -0.25) is 0 Å². The van der Waals surface area contributed by atoms with E-state index < -0.39 is 0 Å². The maximum absolute atomic E-state index is 3.61. The zero-order valence-corrected chi connectivity index (χ0v) is 16.4. The smallest absolute Gasteiger partial charge is 0.0634 e. The van der Waals surface area contributed by atoms with E-state index >= 15 is 0 Å². The Morgan fingerprint density at radius 1 is 0.950 bits per heavy atom. The average Bonchev–Trinajstić information content (AvgIpc) is 2.36. The first kappa shape index (κ1) is 16.1. The Morgan fingerprint density at radius 2 is 1.55 bits per heavy atom. The molecule has 1 N–H and O–H groups in total. The number of hydrogen-bond donors (Lipinski definition) is 1. The normalized spacial score (nSPS) is 12.3. The van der Waals surface area contributed by atoms with E-state index in [0.29, 0.717) is 0 Å². The van der Waals surface area contributed by atoms with Gasteiger partial charge in [0.25, 0.3) is 0 Å². The molecule has 1 nitrogen and oxygen atoms in total. The van der Waals surface area contributed by atoms with Crippen LogP contribution in [0.25, 0.3) is 0 Å². The molecule has 20 heavy (non-hydrogen) atoms. The van der Waals surface area contributed by atoms with Gasteiger partial charge in [-0.2, -0.15) is 0 Å². The maximum Gasteiger partial charge on any atom is 0.0634 e. The molecular weight excluding hydrogens is 446 g/mol. The van der Waals surface area contributed by atoms with Crippen molar-refractivity contribution in [1.82, 2.24) is 0 Å². The Morgan fingerprint density at radius 3 is 2.15 bits per heavy atom. The van der Waals surface area contributed by atoms with Crippen molar-refractivity contribution in [3.63, 3.8) is 0 Å². The molecule has 0 saturated carbocycles. The van der Waals surface area contributed by atoms with Crippen LogP contribution in [0.1, 0.15) is 29.7 Å². The topological polar surface area (TPSA) is 12.0 Å². The molecule has 0 radical (unpaired) electrons. The summed E-state index contributed by atoms with van der Waals surface area (Å²) in [6, 6.07) is 10.9. The van der Waals surface area contributed by atoms with Gasteiger partial charge < -0.3 is 5.32 Å². The second-order valence-corrected chi connectivity index (χ2v) is 7.59. The summed E-state index contributed by atoms with van der Waals surface area (Å²) in [5.74, 6) is 0. The Balaban J connectivity index is 2.32. The molecule has 0 aliphatic heterocycles. The average molecular weight is 462 g/mol. The van der Waals surface area contributed by atoms with E-state index in [9.17, 15) is 0 Å². The van der Waals surface area contributed by atoms with Crippen LogP contribution >= 0.6 is 47.8 Å². The quantitative estimate of drug-likeness (QED) is 0.532. The summed E-state index contributed by atoms with van der Waals surface area (Å²) in [5, 5.41) is 3.58. The number of rotatable bonds is 3. The fourth-order valence-corrected chi connectivity index (χ4v) is 4.69. The number of hydrogen-bond acceptors (Lipinski definition) is 1. The van der Waals surface area contributed by atoms with Crippen molar-refractivity contribution in [3.05, 3.63) is 60.4 Å². The molecule has 0 heterocycles. The third-order valence-corrected chi connectivity index (χ3v) is 4.98. The number of benzene rings is 2. The Bertz CT molecular complexity index is 615. The van der Waals surface area contributed by atoms with Gasteiger partial charge in [-0.1, -0.05) is 39.7 Å². The molecule has 106 valence electrons. The number of halogens is 3. The van der Waals surface area contributed by atoms with E-state index in [2.05, 4.69) is 92.1 Å². The molecule has 2 aromatic rings. The van der Waals surface area contributed by atoms with Crippen molar-refractivity contribution in [3.8, 4) is 0 Å². The van der Waals surface area contributed by atoms with E-state index in [1.807, 2.05) is 12.1 Å². The molecule has 1 atom stereocenters. The minimum absolute atomic E-state index is 0.240. The van der Waals surface area contributed by atoms with E-state index in [0.717, 1.165) is 19.1 Å². The van der Waals surface area contributed by atoms with E-state index in [4.69, 9.17) is 0 Å². The largest absolute Gasteiger partial charge is 0.377 e. The van der Waals surface area contributed by atoms with Crippen LogP contribution in [-0.4, -0.2) is 0 Å². The van der Waals surface area contributed by atoms with Gasteiger partial charge in [-0.25, -0.2) is 0 Å². The van der Waals surface area contributed by atoms with Gasteiger partial charge >= 0.3 is 0 Å². The van der Waals surface area contributed by atoms with Crippen LogP contribution in [-0.2, 0) is 0 Å². The summed E-state index contributed by atoms with van der Waals surface area (Å²) < 4.78 is 3.12. The lowest BCUT2D eigenvalue weighted by Gasteiger charge is -2.20. The van der Waals surface area contributed by atoms with Gasteiger partial charge in [0.15, 0.2) is 0 Å². The van der Waals surface area contributed by atoms with Gasteiger partial charge in [0.05, 0.1) is 5.69 Å². The van der Waals surface area contributed by atoms with Crippen LogP contribution in [0.3, 0.4) is 0 Å². The minimum Gasteiger partial charge on any atom is -0.377 e. The first-order chi connectivity index (χ1) is 9.38. The minimum atomic E-state index is 0.240. The molecule has 0 bridgehead atoms. The Hall–Kier alpha value is -0.320. The Kier molecular flexibility index (Phi) is 5.32. The highest BCUT2D eigenvalue weighted by atomic mass is 79.9. The van der Waals surface area contributed by atoms with Gasteiger partial charge in [-0.15, -0.1) is 0 Å². The molecule has 0 spiro atoms. The number of anilines is 1. The van der Waals surface area contributed by atoms with Crippen LogP contribution in [0.5, 0.6) is 0 Å². The first-order valence-corrected chi connectivity index (χ1v) is 8.74. The standard InChI is InChI=1S/C16H16Br3N/c1-9-4-5-10(2)13(6-9)11(3)20-16-14(18)7-12(17)8-15(16)19/h4-8,11,20H,1-3H3. The third-order valence-electron chi connectivity index (χ3n) is 3.27. The molecule has 1 unspecified atom stereocenters. The number of nitrogens with one attached hydrogen (secondary N) is 1. The monoisotopic (exact) mass is 459 g/mol. The molecule has 0 amide bonds. The van der Waals surface area contributed by atoms with E-state index in [1.54, 1.807) is 0 Å². The lowest BCUT2D eigenvalue weighted by Crippen LogP contribution is -2.09. The van der Waals surface area contributed by atoms with Crippen LogP contribution < -0.4 is 5.32 Å². The SMILES string of the molecule is Cc1ccc(C)c(C(C)Nc2c(Br)cc(Br)cc2Br)c1. The lowest BCUT2D eigenvalue weighted by atomic mass is 10.00. The fourth-order valence-electron chi connectivity index (χ4n) is 2.20. The van der Waals surface area contributed by atoms with Gasteiger partial charge in [-0.05, 0) is 75.9 Å². The second kappa shape index (κ2) is 6.63. The molecule has 0 aliphatic rings. The number of aryl methyl sites for hydroxylation is 2. The predicted molar refractivity (Wildman–Crippen MR) is 97.5 cm³/mol. The van der Waals surface area contributed by atoms with E-state index in [1.165, 1.54) is 16.7 Å². The van der Waals surface area contributed by atoms with Crippen LogP contribution in [0.4, 0.5) is 5.69 Å². The molecule has 0 saturated heterocycles. The highest BCUT2D eigenvalue weighted by molar-refractivity contribution is 9.11. The van der Waals surface area contributed by atoms with Gasteiger partial charge in [0.1, 0.15) is 0 Å². The van der Waals surface area contributed by atoms with Crippen molar-refractivity contribution in [1.29, 1.82) is 0 Å². The van der Waals surface area contributed by atoms with E-state index in [-0.39, 0.29) is 6.04 Å². The van der Waals surface area contributed by atoms with Crippen molar-refractivity contribution in [2.24, 2.45) is 0 Å². The zero-order valence-electron chi connectivity index (χ0n) is 11.6. The highest BCUT2D eigenvalue weighted by Crippen LogP contribution is 2.36. The molecule has 2 rings (SSSR count). The maximum atomic E-state index is 3.61. The zero-order chi connectivity index (χ0) is 14.9. The lowest BCUT2D eigenvalue weighted by molar-refractivity contribution is 0.870. The second-order valence-electron chi connectivity index (χ2n) is 4.97. The van der Waals surface area contributed by atoms with Gasteiger partial charge in [0.2, 0.25) is 0 Å². The molecular formula is C16H16Br3N. The molecule has 0 fully saturated rings. The fraction of sp³-hybridized carbons (Fsp3) is 0.250. The summed E-state index contributed by atoms with van der Waals surface area (Å²) in [6.07, 6.45) is 0. The van der Waals surface area contributed by atoms with Gasteiger partial charge in [0, 0.05) is 19.5 Å². The Labute approximate surface area is 145 Å². The molecule has 0 aromatic heterocycles. The predicted octanol–water partition coefficient (Wildman–Crippen LogP) is 6.76. The van der Waals surface area contributed by atoms with Crippen LogP contribution in [0.15, 0.2) is 43.7 Å². The van der Waals surface area contributed by atoms with Crippen LogP contribution in [0, 0.1) is 13.8 Å². The molecule has 0 aliphatic carbocycles. The summed E-state index contributed by atoms with van der Waals surface area (Å²) in [6.45, 7) is 6.46.